The Labute approximate surface area is 150 Å². The second-order valence-electron chi connectivity index (χ2n) is 5.51. The minimum Gasteiger partial charge on any atom is -0.369 e. The number of primary amides is 1. The summed E-state index contributed by atoms with van der Waals surface area (Å²) in [6, 6.07) is 12.2. The number of rotatable bonds is 5. The average molecular weight is 377 g/mol. The van der Waals surface area contributed by atoms with Gasteiger partial charge < -0.3 is 5.73 Å². The Bertz CT molecular complexity index is 958. The van der Waals surface area contributed by atoms with Gasteiger partial charge in [-0.15, -0.1) is 0 Å². The van der Waals surface area contributed by atoms with E-state index in [1.54, 1.807) is 55.8 Å². The molecule has 0 spiro atoms. The second-order valence-corrected chi connectivity index (χ2v) is 8.97. The highest BCUT2D eigenvalue weighted by Gasteiger charge is 2.30. The summed E-state index contributed by atoms with van der Waals surface area (Å²) in [7, 11) is 4.74. The van der Waals surface area contributed by atoms with Crippen LogP contribution < -0.4 is 5.73 Å². The molecule has 0 aliphatic rings. The predicted molar refractivity (Wildman–Crippen MR) is 97.7 cm³/mol. The zero-order valence-electron chi connectivity index (χ0n) is 13.5. The molecule has 0 atom stereocenters. The fourth-order valence-electron chi connectivity index (χ4n) is 2.67. The van der Waals surface area contributed by atoms with Gasteiger partial charge in [-0.1, -0.05) is 18.2 Å². The first kappa shape index (κ1) is 17.3. The maximum absolute atomic E-state index is 13.6. The zero-order chi connectivity index (χ0) is 18.0. The van der Waals surface area contributed by atoms with Crippen LogP contribution in [0.1, 0.15) is 5.69 Å². The summed E-state index contributed by atoms with van der Waals surface area (Å²) in [4.78, 5) is 16.3. The van der Waals surface area contributed by atoms with E-state index in [1.165, 1.54) is 4.68 Å². The van der Waals surface area contributed by atoms with E-state index in [9.17, 15) is 9.00 Å². The Hall–Kier alpha value is -2.51. The molecular weight excluding hydrogens is 360 g/mol. The third kappa shape index (κ3) is 3.33. The molecule has 1 amide bonds. The van der Waals surface area contributed by atoms with E-state index in [1.807, 2.05) is 6.07 Å². The molecule has 25 heavy (non-hydrogen) atoms. The summed E-state index contributed by atoms with van der Waals surface area (Å²) >= 11 is 0. The highest BCUT2D eigenvalue weighted by atomic mass is 35.7. The van der Waals surface area contributed by atoms with Crippen LogP contribution in [-0.4, -0.2) is 24.9 Å². The van der Waals surface area contributed by atoms with E-state index in [-0.39, 0.29) is 6.42 Å². The van der Waals surface area contributed by atoms with Crippen molar-refractivity contribution in [2.24, 2.45) is 12.8 Å². The van der Waals surface area contributed by atoms with Crippen LogP contribution in [-0.2, 0) is 27.4 Å². The quantitative estimate of drug-likeness (QED) is 0.527. The number of carbonyl (C=O) groups is 1. The van der Waals surface area contributed by atoms with E-state index in [4.69, 9.17) is 16.4 Å². The van der Waals surface area contributed by atoms with Crippen LogP contribution in [0, 0.1) is 0 Å². The highest BCUT2D eigenvalue weighted by molar-refractivity contribution is 8.23. The zero-order valence-corrected chi connectivity index (χ0v) is 15.1. The van der Waals surface area contributed by atoms with E-state index >= 15 is 0 Å². The maximum atomic E-state index is 13.6. The molecule has 0 bridgehead atoms. The smallest absolute Gasteiger partial charge is 0.223 e. The number of carbonyl (C=O) groups excluding carboxylic acids is 1. The molecule has 2 aromatic heterocycles. The molecule has 8 heteroatoms. The van der Waals surface area contributed by atoms with Crippen LogP contribution in [0.3, 0.4) is 0 Å². The lowest BCUT2D eigenvalue weighted by molar-refractivity contribution is -0.117. The number of nitrogens with two attached hydrogens (primary N) is 1. The summed E-state index contributed by atoms with van der Waals surface area (Å²) in [5.41, 5.74) is 6.99. The summed E-state index contributed by atoms with van der Waals surface area (Å²) in [5.74, 6) is -0.546. The molecule has 3 aromatic rings. The lowest BCUT2D eigenvalue weighted by atomic mass is 10.2. The van der Waals surface area contributed by atoms with Crippen LogP contribution in [0.15, 0.2) is 64.6 Å². The lowest BCUT2D eigenvalue weighted by Gasteiger charge is -2.19. The number of thiol groups is 1. The largest absolute Gasteiger partial charge is 0.369 e. The molecule has 1 aromatic carbocycles. The molecule has 0 aliphatic carbocycles. The molecule has 0 saturated carbocycles. The van der Waals surface area contributed by atoms with Gasteiger partial charge in [-0.3, -0.25) is 18.7 Å². The van der Waals surface area contributed by atoms with Crippen molar-refractivity contribution in [3.63, 3.8) is 0 Å². The van der Waals surface area contributed by atoms with Crippen molar-refractivity contribution in [1.82, 2.24) is 14.8 Å². The summed E-state index contributed by atoms with van der Waals surface area (Å²) < 4.78 is 15.1. The van der Waals surface area contributed by atoms with Crippen molar-refractivity contribution in [1.29, 1.82) is 0 Å². The summed E-state index contributed by atoms with van der Waals surface area (Å²) in [6.45, 7) is 0. The third-order valence-electron chi connectivity index (χ3n) is 3.81. The molecule has 6 nitrogen and oxygen atoms in total. The van der Waals surface area contributed by atoms with Crippen molar-refractivity contribution in [2.75, 3.05) is 0 Å². The van der Waals surface area contributed by atoms with Gasteiger partial charge in [0.05, 0.1) is 17.0 Å². The molecule has 0 fully saturated rings. The molecule has 2 N–H and O–H groups in total. The first-order chi connectivity index (χ1) is 11.9. The van der Waals surface area contributed by atoms with Crippen molar-refractivity contribution in [3.05, 3.63) is 60.6 Å². The Kier molecular flexibility index (Phi) is 4.69. The van der Waals surface area contributed by atoms with Crippen LogP contribution >= 0.6 is 10.7 Å². The number of aromatic nitrogens is 3. The number of hydrogen-bond donors (Lipinski definition) is 2. The summed E-state index contributed by atoms with van der Waals surface area (Å²) in [6.07, 6.45) is 3.12. The van der Waals surface area contributed by atoms with E-state index in [0.717, 1.165) is 0 Å². The van der Waals surface area contributed by atoms with E-state index in [0.29, 0.717) is 26.7 Å². The highest BCUT2D eigenvalue weighted by Crippen LogP contribution is 2.40. The molecule has 130 valence electrons. The van der Waals surface area contributed by atoms with Gasteiger partial charge in [0.25, 0.3) is 0 Å². The van der Waals surface area contributed by atoms with Gasteiger partial charge in [-0.25, -0.2) is 0 Å². The number of nitrogens with zero attached hydrogens (tertiary/aromatic N) is 3. The first-order valence-corrected chi connectivity index (χ1v) is 10.1. The van der Waals surface area contributed by atoms with Crippen LogP contribution in [0.25, 0.3) is 11.3 Å². The van der Waals surface area contributed by atoms with Gasteiger partial charge >= 0.3 is 0 Å². The normalized spacial score (nSPS) is 12.1. The van der Waals surface area contributed by atoms with E-state index < -0.39 is 15.1 Å². The molecule has 2 heterocycles. The van der Waals surface area contributed by atoms with Crippen molar-refractivity contribution in [3.8, 4) is 11.3 Å². The number of amides is 1. The number of benzene rings is 1. The fourth-order valence-corrected chi connectivity index (χ4v) is 5.35. The molecule has 3 rings (SSSR count). The summed E-state index contributed by atoms with van der Waals surface area (Å²) in [5, 5.41) is 4.45. The SMILES string of the molecule is Cn1nc(-c2ccncc2)c([SH](=O)(Cl)c2ccccc2)c1CC(N)=O. The fraction of sp³-hybridized carbons (Fsp3) is 0.118. The number of pyridine rings is 1. The standard InChI is InChI=1S/C17H17ClN4O2S/c1-22-14(11-15(19)23)17(16(21-22)12-7-9-20-10-8-12)25(18,24)13-5-3-2-4-6-13/h2-10,25H,11H2,1H3,(H2,19,23). The molecule has 0 unspecified atom stereocenters. The van der Waals surface area contributed by atoms with Gasteiger partial charge in [-0.2, -0.15) is 5.10 Å². The predicted octanol–water partition coefficient (Wildman–Crippen LogP) is 2.10. The van der Waals surface area contributed by atoms with Crippen LogP contribution in [0.5, 0.6) is 0 Å². The Balaban J connectivity index is 2.29. The Morgan fingerprint density at radius 3 is 2.44 bits per heavy atom. The minimum absolute atomic E-state index is 0.104. The lowest BCUT2D eigenvalue weighted by Crippen LogP contribution is -2.18. The van der Waals surface area contributed by atoms with Gasteiger partial charge in [0.15, 0.2) is 0 Å². The molecule has 0 saturated heterocycles. The van der Waals surface area contributed by atoms with Gasteiger partial charge in [0.1, 0.15) is 5.69 Å². The third-order valence-corrected chi connectivity index (χ3v) is 6.91. The number of aryl methyl sites for hydroxylation is 1. The Morgan fingerprint density at radius 2 is 1.84 bits per heavy atom. The number of halogens is 1. The maximum Gasteiger partial charge on any atom is 0.223 e. The average Bonchev–Trinajstić information content (AvgIpc) is 2.93. The minimum atomic E-state index is -3.51. The molecular formula is C17H17ClN4O2S. The van der Waals surface area contributed by atoms with Crippen molar-refractivity contribution in [2.45, 2.75) is 16.2 Å². The van der Waals surface area contributed by atoms with Gasteiger partial charge in [-0.05, 0) is 34.9 Å². The van der Waals surface area contributed by atoms with Crippen molar-refractivity contribution < 1.29 is 9.00 Å². The van der Waals surface area contributed by atoms with Crippen LogP contribution in [0.2, 0.25) is 0 Å². The first-order valence-electron chi connectivity index (χ1n) is 7.51. The molecule has 0 radical (unpaired) electrons. The van der Waals surface area contributed by atoms with Gasteiger partial charge in [0, 0.05) is 39.0 Å². The number of hydrogen-bond acceptors (Lipinski definition) is 4. The molecule has 0 aliphatic heterocycles. The topological polar surface area (TPSA) is 90.9 Å². The second kappa shape index (κ2) is 6.78. The van der Waals surface area contributed by atoms with E-state index in [2.05, 4.69) is 10.1 Å². The monoisotopic (exact) mass is 376 g/mol. The van der Waals surface area contributed by atoms with Crippen LogP contribution in [0.4, 0.5) is 0 Å². The van der Waals surface area contributed by atoms with Gasteiger partial charge in [0.2, 0.25) is 5.91 Å². The Morgan fingerprint density at radius 1 is 1.20 bits per heavy atom. The van der Waals surface area contributed by atoms with Crippen molar-refractivity contribution >= 4 is 25.7 Å².